The van der Waals surface area contributed by atoms with Crippen LogP contribution in [0.5, 0.6) is 17.4 Å². The Hall–Kier alpha value is -2.94. The largest absolute Gasteiger partial charge is 0.436 e. The smallest absolute Gasteiger partial charge is 0.311 e. The maximum absolute atomic E-state index is 11.6. The molecule has 2 heterocycles. The van der Waals surface area contributed by atoms with E-state index in [9.17, 15) is 10.1 Å². The number of carbonyl (C=O) groups excluding carboxylic acids is 1. The van der Waals surface area contributed by atoms with Gasteiger partial charge in [0.2, 0.25) is 0 Å². The van der Waals surface area contributed by atoms with Gasteiger partial charge < -0.3 is 9.47 Å². The zero-order valence-electron chi connectivity index (χ0n) is 14.5. The summed E-state index contributed by atoms with van der Waals surface area (Å²) in [6.07, 6.45) is 1.75. The second-order valence-electron chi connectivity index (χ2n) is 6.01. The van der Waals surface area contributed by atoms with Crippen LogP contribution in [-0.2, 0) is 17.6 Å². The maximum atomic E-state index is 11.6. The van der Waals surface area contributed by atoms with Crippen LogP contribution in [0.25, 0.3) is 0 Å². The van der Waals surface area contributed by atoms with Gasteiger partial charge in [-0.3, -0.25) is 4.79 Å². The predicted molar refractivity (Wildman–Crippen MR) is 90.7 cm³/mol. The van der Waals surface area contributed by atoms with Crippen LogP contribution in [0.4, 0.5) is 0 Å². The van der Waals surface area contributed by atoms with Gasteiger partial charge in [-0.2, -0.15) is 10.4 Å². The summed E-state index contributed by atoms with van der Waals surface area (Å²) in [6, 6.07) is 7.50. The van der Waals surface area contributed by atoms with Crippen molar-refractivity contribution in [3.8, 4) is 23.4 Å². The fourth-order valence-electron chi connectivity index (χ4n) is 3.05. The lowest BCUT2D eigenvalue weighted by Gasteiger charge is -2.21. The average Bonchev–Trinajstić information content (AvgIpc) is 2.60. The third-order valence-electron chi connectivity index (χ3n) is 4.35. The molecular weight excluding hydrogens is 318 g/mol. The first-order valence-corrected chi connectivity index (χ1v) is 8.38. The van der Waals surface area contributed by atoms with E-state index in [1.807, 2.05) is 26.8 Å². The van der Waals surface area contributed by atoms with E-state index in [0.717, 1.165) is 16.8 Å². The molecule has 0 fully saturated rings. The molecule has 1 unspecified atom stereocenters. The van der Waals surface area contributed by atoms with Crippen molar-refractivity contribution in [3.05, 3.63) is 40.6 Å². The van der Waals surface area contributed by atoms with Crippen molar-refractivity contribution in [2.45, 2.75) is 46.0 Å². The summed E-state index contributed by atoms with van der Waals surface area (Å²) in [5.41, 5.74) is 3.03. The van der Waals surface area contributed by atoms with Gasteiger partial charge in [0.25, 0.3) is 5.88 Å². The number of esters is 1. The van der Waals surface area contributed by atoms with E-state index in [1.54, 1.807) is 12.1 Å². The molecule has 128 valence electrons. The van der Waals surface area contributed by atoms with Gasteiger partial charge in [0, 0.05) is 6.07 Å². The molecule has 0 saturated carbocycles. The molecule has 0 spiro atoms. The van der Waals surface area contributed by atoms with Crippen LogP contribution in [0.3, 0.4) is 0 Å². The van der Waals surface area contributed by atoms with Gasteiger partial charge in [-0.15, -0.1) is 5.10 Å². The standard InChI is InChI=1S/C19H19N3O3/c1-4-13-15(10-20)19(22-21-16(13)5-2)24-12-6-7-14-11(3)8-18(23)25-17(14)9-12/h6-7,9,11H,4-5,8H2,1-3H3. The molecule has 0 amide bonds. The van der Waals surface area contributed by atoms with Crippen LogP contribution < -0.4 is 9.47 Å². The highest BCUT2D eigenvalue weighted by Gasteiger charge is 2.24. The highest BCUT2D eigenvalue weighted by Crippen LogP contribution is 2.37. The van der Waals surface area contributed by atoms with Crippen LogP contribution >= 0.6 is 0 Å². The minimum absolute atomic E-state index is 0.107. The fourth-order valence-corrected chi connectivity index (χ4v) is 3.05. The first kappa shape index (κ1) is 16.9. The number of hydrogen-bond acceptors (Lipinski definition) is 6. The van der Waals surface area contributed by atoms with Gasteiger partial charge in [-0.05, 0) is 36.0 Å². The molecule has 0 aliphatic carbocycles. The van der Waals surface area contributed by atoms with Crippen LogP contribution in [-0.4, -0.2) is 16.2 Å². The van der Waals surface area contributed by atoms with E-state index < -0.39 is 0 Å². The van der Waals surface area contributed by atoms with E-state index in [1.165, 1.54) is 0 Å². The Morgan fingerprint density at radius 1 is 1.32 bits per heavy atom. The van der Waals surface area contributed by atoms with Crippen LogP contribution in [0.15, 0.2) is 18.2 Å². The van der Waals surface area contributed by atoms with Crippen molar-refractivity contribution in [3.63, 3.8) is 0 Å². The van der Waals surface area contributed by atoms with E-state index in [4.69, 9.17) is 9.47 Å². The fraction of sp³-hybridized carbons (Fsp3) is 0.368. The van der Waals surface area contributed by atoms with E-state index in [0.29, 0.717) is 36.3 Å². The zero-order valence-corrected chi connectivity index (χ0v) is 14.5. The molecule has 6 heteroatoms. The van der Waals surface area contributed by atoms with E-state index in [2.05, 4.69) is 16.3 Å². The minimum Gasteiger partial charge on any atom is -0.436 e. The summed E-state index contributed by atoms with van der Waals surface area (Å²) in [5.74, 6) is 0.976. The van der Waals surface area contributed by atoms with Crippen molar-refractivity contribution < 1.29 is 14.3 Å². The summed E-state index contributed by atoms with van der Waals surface area (Å²) >= 11 is 0. The van der Waals surface area contributed by atoms with Crippen LogP contribution in [0.1, 0.15) is 55.5 Å². The Kier molecular flexibility index (Phi) is 4.66. The Balaban J connectivity index is 1.97. The first-order valence-electron chi connectivity index (χ1n) is 8.38. The second-order valence-corrected chi connectivity index (χ2v) is 6.01. The van der Waals surface area contributed by atoms with Crippen LogP contribution in [0, 0.1) is 11.3 Å². The topological polar surface area (TPSA) is 85.1 Å². The number of benzene rings is 1. The average molecular weight is 337 g/mol. The molecule has 1 aliphatic rings. The number of hydrogen-bond donors (Lipinski definition) is 0. The van der Waals surface area contributed by atoms with E-state index in [-0.39, 0.29) is 17.8 Å². The summed E-state index contributed by atoms with van der Waals surface area (Å²) < 4.78 is 11.1. The van der Waals surface area contributed by atoms with Gasteiger partial charge in [-0.25, -0.2) is 0 Å². The summed E-state index contributed by atoms with van der Waals surface area (Å²) in [5, 5.41) is 17.8. The lowest BCUT2D eigenvalue weighted by atomic mass is 9.95. The van der Waals surface area contributed by atoms with E-state index >= 15 is 0 Å². The Labute approximate surface area is 146 Å². The SMILES string of the molecule is CCc1nnc(Oc2ccc3c(c2)OC(=O)CC3C)c(C#N)c1CC. The summed E-state index contributed by atoms with van der Waals surface area (Å²) in [6.45, 7) is 5.93. The number of aryl methyl sites for hydroxylation is 1. The molecule has 1 aliphatic heterocycles. The zero-order chi connectivity index (χ0) is 18.0. The van der Waals surface area contributed by atoms with Crippen molar-refractivity contribution in [1.82, 2.24) is 10.2 Å². The van der Waals surface area contributed by atoms with Crippen molar-refractivity contribution in [2.24, 2.45) is 0 Å². The number of ether oxygens (including phenoxy) is 2. The predicted octanol–water partition coefficient (Wildman–Crippen LogP) is 3.68. The van der Waals surface area contributed by atoms with Gasteiger partial charge in [-0.1, -0.05) is 26.8 Å². The number of nitrogens with zero attached hydrogens (tertiary/aromatic N) is 3. The molecule has 1 atom stereocenters. The summed E-state index contributed by atoms with van der Waals surface area (Å²) in [7, 11) is 0. The number of rotatable bonds is 4. The maximum Gasteiger partial charge on any atom is 0.311 e. The Morgan fingerprint density at radius 3 is 2.80 bits per heavy atom. The molecule has 1 aromatic heterocycles. The number of aromatic nitrogens is 2. The third-order valence-corrected chi connectivity index (χ3v) is 4.35. The van der Waals surface area contributed by atoms with Gasteiger partial charge >= 0.3 is 5.97 Å². The Bertz CT molecular complexity index is 871. The highest BCUT2D eigenvalue weighted by atomic mass is 16.5. The van der Waals surface area contributed by atoms with Crippen molar-refractivity contribution >= 4 is 5.97 Å². The normalized spacial score (nSPS) is 15.9. The van der Waals surface area contributed by atoms with Crippen molar-refractivity contribution in [1.29, 1.82) is 5.26 Å². The number of nitriles is 1. The molecule has 0 saturated heterocycles. The van der Waals surface area contributed by atoms with Gasteiger partial charge in [0.05, 0.1) is 12.1 Å². The lowest BCUT2D eigenvalue weighted by molar-refractivity contribution is -0.135. The van der Waals surface area contributed by atoms with Gasteiger partial charge in [0.15, 0.2) is 0 Å². The molecule has 0 radical (unpaired) electrons. The molecule has 0 bridgehead atoms. The number of fused-ring (bicyclic) bond motifs is 1. The lowest BCUT2D eigenvalue weighted by Crippen LogP contribution is -2.18. The highest BCUT2D eigenvalue weighted by molar-refractivity contribution is 5.76. The first-order chi connectivity index (χ1) is 12.1. The molecule has 1 aromatic carbocycles. The quantitative estimate of drug-likeness (QED) is 0.625. The van der Waals surface area contributed by atoms with Gasteiger partial charge in [0.1, 0.15) is 23.1 Å². The monoisotopic (exact) mass is 337 g/mol. The number of carbonyl (C=O) groups is 1. The second kappa shape index (κ2) is 6.89. The molecule has 25 heavy (non-hydrogen) atoms. The van der Waals surface area contributed by atoms with Crippen LogP contribution in [0.2, 0.25) is 0 Å². The molecular formula is C19H19N3O3. The molecule has 6 nitrogen and oxygen atoms in total. The third kappa shape index (κ3) is 3.18. The van der Waals surface area contributed by atoms with Crippen molar-refractivity contribution in [2.75, 3.05) is 0 Å². The molecule has 0 N–H and O–H groups in total. The Morgan fingerprint density at radius 2 is 2.12 bits per heavy atom. The minimum atomic E-state index is -0.254. The molecule has 3 rings (SSSR count). The molecule has 2 aromatic rings. The summed E-state index contributed by atoms with van der Waals surface area (Å²) in [4.78, 5) is 11.6.